The van der Waals surface area contributed by atoms with E-state index in [2.05, 4.69) is 4.74 Å². The molecule has 1 unspecified atom stereocenters. The summed E-state index contributed by atoms with van der Waals surface area (Å²) >= 11 is 0. The molecule has 0 aromatic carbocycles. The van der Waals surface area contributed by atoms with Crippen LogP contribution in [0, 0.1) is 5.41 Å². The number of nitrogens with zero attached hydrogens (tertiary/aromatic N) is 2. The van der Waals surface area contributed by atoms with Crippen molar-refractivity contribution in [3.63, 3.8) is 0 Å². The van der Waals surface area contributed by atoms with Crippen LogP contribution in [0.1, 0.15) is 33.6 Å². The Balaban J connectivity index is 2.83. The summed E-state index contributed by atoms with van der Waals surface area (Å²) in [7, 11) is 1.27. The zero-order chi connectivity index (χ0) is 16.2. The smallest absolute Gasteiger partial charge is 0.325 e. The van der Waals surface area contributed by atoms with E-state index in [9.17, 15) is 19.5 Å². The first-order valence-electron chi connectivity index (χ1n) is 7.07. The molecule has 21 heavy (non-hydrogen) atoms. The highest BCUT2D eigenvalue weighted by Gasteiger charge is 2.40. The number of carbonyl (C=O) groups excluding carboxylic acids is 2. The molecule has 2 amide bonds. The van der Waals surface area contributed by atoms with Gasteiger partial charge < -0.3 is 19.6 Å². The first kappa shape index (κ1) is 17.3. The fourth-order valence-electron chi connectivity index (χ4n) is 2.43. The Labute approximate surface area is 124 Å². The summed E-state index contributed by atoms with van der Waals surface area (Å²) in [5.41, 5.74) is -0.929. The number of methoxy groups -OCH3 is 1. The molecule has 1 heterocycles. The number of aliphatic carboxylic acids is 1. The lowest BCUT2D eigenvalue weighted by atomic mass is 9.82. The molecule has 1 aliphatic heterocycles. The Morgan fingerprint density at radius 2 is 2.00 bits per heavy atom. The van der Waals surface area contributed by atoms with Crippen LogP contribution >= 0.6 is 0 Å². The van der Waals surface area contributed by atoms with E-state index >= 15 is 0 Å². The molecular weight excluding hydrogens is 276 g/mol. The summed E-state index contributed by atoms with van der Waals surface area (Å²) in [6, 6.07) is -0.489. The van der Waals surface area contributed by atoms with E-state index in [0.717, 1.165) is 0 Å². The summed E-state index contributed by atoms with van der Waals surface area (Å²) in [5.74, 6) is -1.39. The Morgan fingerprint density at radius 1 is 1.38 bits per heavy atom. The molecule has 1 saturated heterocycles. The van der Waals surface area contributed by atoms with Crippen LogP contribution in [0.2, 0.25) is 0 Å². The van der Waals surface area contributed by atoms with Crippen LogP contribution in [-0.4, -0.2) is 65.7 Å². The number of carbonyl (C=O) groups is 3. The summed E-state index contributed by atoms with van der Waals surface area (Å²) in [6.45, 7) is 5.79. The second-order valence-corrected chi connectivity index (χ2v) is 5.97. The van der Waals surface area contributed by atoms with Gasteiger partial charge in [0.2, 0.25) is 0 Å². The van der Waals surface area contributed by atoms with Gasteiger partial charge in [0.1, 0.15) is 6.54 Å². The van der Waals surface area contributed by atoms with Crippen molar-refractivity contribution < 1.29 is 24.2 Å². The summed E-state index contributed by atoms with van der Waals surface area (Å²) in [6.07, 6.45) is 1.18. The molecule has 1 aliphatic rings. The molecule has 0 radical (unpaired) electrons. The van der Waals surface area contributed by atoms with Gasteiger partial charge >= 0.3 is 18.0 Å². The van der Waals surface area contributed by atoms with Crippen LogP contribution < -0.4 is 0 Å². The molecule has 0 saturated carbocycles. The molecule has 7 heteroatoms. The zero-order valence-electron chi connectivity index (χ0n) is 13.1. The van der Waals surface area contributed by atoms with Crippen LogP contribution in [0.5, 0.6) is 0 Å². The number of esters is 1. The van der Waals surface area contributed by atoms with Gasteiger partial charge in [-0.15, -0.1) is 0 Å². The number of carboxylic acids is 1. The van der Waals surface area contributed by atoms with Crippen LogP contribution in [0.4, 0.5) is 4.79 Å². The number of amides is 2. The highest BCUT2D eigenvalue weighted by Crippen LogP contribution is 2.30. The maximum atomic E-state index is 12.6. The third-order valence-corrected chi connectivity index (χ3v) is 3.88. The predicted molar refractivity (Wildman–Crippen MR) is 75.8 cm³/mol. The van der Waals surface area contributed by atoms with Gasteiger partial charge in [0.25, 0.3) is 0 Å². The van der Waals surface area contributed by atoms with E-state index in [-0.39, 0.29) is 25.2 Å². The fraction of sp³-hybridized carbons (Fsp3) is 0.786. The number of ether oxygens (including phenoxy) is 1. The zero-order valence-corrected chi connectivity index (χ0v) is 13.1. The van der Waals surface area contributed by atoms with Crippen molar-refractivity contribution in [3.8, 4) is 0 Å². The minimum Gasteiger partial charge on any atom is -0.481 e. The van der Waals surface area contributed by atoms with E-state index in [4.69, 9.17) is 0 Å². The first-order chi connectivity index (χ1) is 9.71. The molecular formula is C14H24N2O5. The number of piperidine rings is 1. The second kappa shape index (κ2) is 6.78. The van der Waals surface area contributed by atoms with Crippen LogP contribution in [0.15, 0.2) is 0 Å². The molecule has 1 rings (SSSR count). The van der Waals surface area contributed by atoms with Gasteiger partial charge in [0, 0.05) is 19.1 Å². The summed E-state index contributed by atoms with van der Waals surface area (Å²) < 4.78 is 4.60. The lowest BCUT2D eigenvalue weighted by Crippen LogP contribution is -2.54. The number of hydrogen-bond donors (Lipinski definition) is 1. The highest BCUT2D eigenvalue weighted by atomic mass is 16.5. The van der Waals surface area contributed by atoms with Gasteiger partial charge in [0.15, 0.2) is 0 Å². The normalized spacial score (nSPS) is 22.0. The van der Waals surface area contributed by atoms with Crippen molar-refractivity contribution in [3.05, 3.63) is 0 Å². The topological polar surface area (TPSA) is 87.2 Å². The monoisotopic (exact) mass is 300 g/mol. The molecule has 7 nitrogen and oxygen atoms in total. The van der Waals surface area contributed by atoms with E-state index in [0.29, 0.717) is 19.4 Å². The molecule has 1 atom stereocenters. The average Bonchev–Trinajstić information content (AvgIpc) is 2.43. The molecule has 0 aromatic rings. The van der Waals surface area contributed by atoms with Crippen LogP contribution in [-0.2, 0) is 14.3 Å². The Hall–Kier alpha value is -1.79. The number of hydrogen-bond acceptors (Lipinski definition) is 4. The molecule has 1 fully saturated rings. The van der Waals surface area contributed by atoms with E-state index in [1.807, 2.05) is 0 Å². The SMILES string of the molecule is COC(=O)CN(C(=O)N1CCCC(C)(C(=O)O)C1)C(C)C. The maximum absolute atomic E-state index is 12.6. The lowest BCUT2D eigenvalue weighted by molar-refractivity contribution is -0.150. The van der Waals surface area contributed by atoms with Crippen LogP contribution in [0.3, 0.4) is 0 Å². The van der Waals surface area contributed by atoms with Gasteiger partial charge in [-0.1, -0.05) is 0 Å². The highest BCUT2D eigenvalue weighted by molar-refractivity contribution is 5.82. The Morgan fingerprint density at radius 3 is 2.48 bits per heavy atom. The summed E-state index contributed by atoms with van der Waals surface area (Å²) in [5, 5.41) is 9.30. The number of likely N-dealkylation sites (tertiary alicyclic amines) is 1. The predicted octanol–water partition coefficient (Wildman–Crippen LogP) is 1.18. The van der Waals surface area contributed by atoms with Gasteiger partial charge in [-0.3, -0.25) is 9.59 Å². The molecule has 0 spiro atoms. The third kappa shape index (κ3) is 4.09. The second-order valence-electron chi connectivity index (χ2n) is 5.97. The standard InChI is InChI=1S/C14H24N2O5/c1-10(2)16(8-11(17)21-4)13(20)15-7-5-6-14(3,9-15)12(18)19/h10H,5-9H2,1-4H3,(H,18,19). The number of urea groups is 1. The van der Waals surface area contributed by atoms with Crippen molar-refractivity contribution in [2.24, 2.45) is 5.41 Å². The van der Waals surface area contributed by atoms with Gasteiger partial charge in [-0.05, 0) is 33.6 Å². The van der Waals surface area contributed by atoms with Crippen molar-refractivity contribution in [2.45, 2.75) is 39.7 Å². The van der Waals surface area contributed by atoms with E-state index in [1.54, 1.807) is 20.8 Å². The van der Waals surface area contributed by atoms with E-state index < -0.39 is 17.4 Å². The van der Waals surface area contributed by atoms with Crippen molar-refractivity contribution in [2.75, 3.05) is 26.7 Å². The minimum atomic E-state index is -0.929. The Kier molecular flexibility index (Phi) is 5.57. The molecule has 120 valence electrons. The van der Waals surface area contributed by atoms with Gasteiger partial charge in [0.05, 0.1) is 12.5 Å². The fourth-order valence-corrected chi connectivity index (χ4v) is 2.43. The van der Waals surface area contributed by atoms with Crippen molar-refractivity contribution >= 4 is 18.0 Å². The van der Waals surface area contributed by atoms with Gasteiger partial charge in [-0.25, -0.2) is 4.79 Å². The maximum Gasteiger partial charge on any atom is 0.325 e. The minimum absolute atomic E-state index is 0.132. The van der Waals surface area contributed by atoms with Crippen LogP contribution in [0.25, 0.3) is 0 Å². The average molecular weight is 300 g/mol. The third-order valence-electron chi connectivity index (χ3n) is 3.88. The Bertz CT molecular complexity index is 424. The molecule has 0 bridgehead atoms. The largest absolute Gasteiger partial charge is 0.481 e. The number of carboxylic acid groups (broad SMARTS) is 1. The van der Waals surface area contributed by atoms with Crippen molar-refractivity contribution in [1.29, 1.82) is 0 Å². The lowest BCUT2D eigenvalue weighted by Gasteiger charge is -2.40. The number of rotatable bonds is 4. The van der Waals surface area contributed by atoms with Gasteiger partial charge in [-0.2, -0.15) is 0 Å². The molecule has 0 aliphatic carbocycles. The van der Waals surface area contributed by atoms with Crippen molar-refractivity contribution in [1.82, 2.24) is 9.80 Å². The molecule has 0 aromatic heterocycles. The van der Waals surface area contributed by atoms with E-state index in [1.165, 1.54) is 16.9 Å². The summed E-state index contributed by atoms with van der Waals surface area (Å²) in [4.78, 5) is 38.2. The molecule has 1 N–H and O–H groups in total. The first-order valence-corrected chi connectivity index (χ1v) is 7.07. The quantitative estimate of drug-likeness (QED) is 0.788.